The molecule has 1 atom stereocenters. The molecule has 2 rings (SSSR count). The van der Waals surface area contributed by atoms with Gasteiger partial charge in [0.1, 0.15) is 0 Å². The molecular formula is C19H21N3O6. The Morgan fingerprint density at radius 2 is 2.00 bits per heavy atom. The Labute approximate surface area is 161 Å². The van der Waals surface area contributed by atoms with Gasteiger partial charge in [-0.25, -0.2) is 4.79 Å². The van der Waals surface area contributed by atoms with E-state index in [-0.39, 0.29) is 30.1 Å². The molecule has 9 heteroatoms. The predicted octanol–water partition coefficient (Wildman–Crippen LogP) is 2.49. The van der Waals surface area contributed by atoms with Gasteiger partial charge in [0, 0.05) is 30.1 Å². The fraction of sp³-hybridized carbons (Fsp3) is 0.263. The monoisotopic (exact) mass is 387 g/mol. The van der Waals surface area contributed by atoms with E-state index in [4.69, 9.17) is 9.84 Å². The number of amides is 1. The first-order valence-electron chi connectivity index (χ1n) is 8.53. The van der Waals surface area contributed by atoms with Crippen molar-refractivity contribution in [2.24, 2.45) is 0 Å². The summed E-state index contributed by atoms with van der Waals surface area (Å²) in [6, 6.07) is 10.8. The van der Waals surface area contributed by atoms with E-state index in [0.717, 1.165) is 11.6 Å². The van der Waals surface area contributed by atoms with Crippen LogP contribution in [0.2, 0.25) is 0 Å². The van der Waals surface area contributed by atoms with Crippen LogP contribution in [0.5, 0.6) is 0 Å². The summed E-state index contributed by atoms with van der Waals surface area (Å²) in [6.45, 7) is 3.23. The summed E-state index contributed by atoms with van der Waals surface area (Å²) in [6.07, 6.45) is -1.13. The Hall–Kier alpha value is -3.46. The molecule has 0 unspecified atom stereocenters. The molecule has 0 aromatic heterocycles. The SMILES string of the molecule is Cc1cccc(NC(=O)[C@@H](C)OC(=O)c2cc([N+](=O)[O-])ccc2NCCO)c1. The summed E-state index contributed by atoms with van der Waals surface area (Å²) in [5, 5.41) is 25.4. The fourth-order valence-corrected chi connectivity index (χ4v) is 2.40. The molecular weight excluding hydrogens is 366 g/mol. The largest absolute Gasteiger partial charge is 0.449 e. The Bertz CT molecular complexity index is 884. The average molecular weight is 387 g/mol. The molecule has 0 bridgehead atoms. The molecule has 2 aromatic carbocycles. The maximum absolute atomic E-state index is 12.5. The highest BCUT2D eigenvalue weighted by Crippen LogP contribution is 2.23. The third kappa shape index (κ3) is 5.52. The number of anilines is 2. The topological polar surface area (TPSA) is 131 Å². The van der Waals surface area contributed by atoms with Crippen molar-refractivity contribution in [2.75, 3.05) is 23.8 Å². The Balaban J connectivity index is 2.14. The molecule has 28 heavy (non-hydrogen) atoms. The number of nitro benzene ring substituents is 1. The highest BCUT2D eigenvalue weighted by atomic mass is 16.6. The molecule has 0 fully saturated rings. The maximum Gasteiger partial charge on any atom is 0.341 e. The highest BCUT2D eigenvalue weighted by Gasteiger charge is 2.23. The van der Waals surface area contributed by atoms with E-state index < -0.39 is 22.9 Å². The molecule has 0 aliphatic heterocycles. The number of aryl methyl sites for hydroxylation is 1. The van der Waals surface area contributed by atoms with Gasteiger partial charge in [-0.1, -0.05) is 12.1 Å². The van der Waals surface area contributed by atoms with E-state index in [9.17, 15) is 19.7 Å². The Morgan fingerprint density at radius 1 is 1.25 bits per heavy atom. The second kappa shape index (κ2) is 9.47. The molecule has 0 saturated heterocycles. The number of benzene rings is 2. The van der Waals surface area contributed by atoms with Gasteiger partial charge in [-0.2, -0.15) is 0 Å². The number of rotatable bonds is 8. The van der Waals surface area contributed by atoms with Crippen LogP contribution in [0, 0.1) is 17.0 Å². The molecule has 148 valence electrons. The second-order valence-corrected chi connectivity index (χ2v) is 6.04. The van der Waals surface area contributed by atoms with E-state index in [2.05, 4.69) is 10.6 Å². The minimum Gasteiger partial charge on any atom is -0.449 e. The third-order valence-corrected chi connectivity index (χ3v) is 3.80. The van der Waals surface area contributed by atoms with Gasteiger partial charge in [0.2, 0.25) is 0 Å². The summed E-state index contributed by atoms with van der Waals surface area (Å²) in [4.78, 5) is 35.1. The lowest BCUT2D eigenvalue weighted by Crippen LogP contribution is -2.30. The summed E-state index contributed by atoms with van der Waals surface area (Å²) in [5.41, 5.74) is 1.39. The first-order chi connectivity index (χ1) is 13.3. The number of non-ortho nitro benzene ring substituents is 1. The number of aliphatic hydroxyl groups is 1. The molecule has 9 nitrogen and oxygen atoms in total. The number of nitrogens with one attached hydrogen (secondary N) is 2. The molecule has 0 radical (unpaired) electrons. The number of nitrogens with zero attached hydrogens (tertiary/aromatic N) is 1. The molecule has 0 spiro atoms. The number of ether oxygens (including phenoxy) is 1. The van der Waals surface area contributed by atoms with Crippen LogP contribution in [0.4, 0.5) is 17.1 Å². The predicted molar refractivity (Wildman–Crippen MR) is 103 cm³/mol. The molecule has 0 aliphatic rings. The maximum atomic E-state index is 12.5. The van der Waals surface area contributed by atoms with Crippen molar-refractivity contribution in [3.63, 3.8) is 0 Å². The van der Waals surface area contributed by atoms with Gasteiger partial charge in [0.05, 0.1) is 17.1 Å². The molecule has 2 aromatic rings. The van der Waals surface area contributed by atoms with Crippen LogP contribution in [0.3, 0.4) is 0 Å². The van der Waals surface area contributed by atoms with Crippen molar-refractivity contribution in [1.82, 2.24) is 0 Å². The van der Waals surface area contributed by atoms with Crippen LogP contribution in [0.15, 0.2) is 42.5 Å². The number of hydrogen-bond acceptors (Lipinski definition) is 7. The van der Waals surface area contributed by atoms with Crippen molar-refractivity contribution >= 4 is 28.9 Å². The lowest BCUT2D eigenvalue weighted by molar-refractivity contribution is -0.384. The summed E-state index contributed by atoms with van der Waals surface area (Å²) in [5.74, 6) is -1.43. The number of carbonyl (C=O) groups excluding carboxylic acids is 2. The standard InChI is InChI=1S/C19H21N3O6/c1-12-4-3-5-14(10-12)21-18(24)13(2)28-19(25)16-11-15(22(26)27)6-7-17(16)20-8-9-23/h3-7,10-11,13,20,23H,8-9H2,1-2H3,(H,21,24)/t13-/m1/s1. The second-order valence-electron chi connectivity index (χ2n) is 6.04. The van der Waals surface area contributed by atoms with Crippen LogP contribution >= 0.6 is 0 Å². The molecule has 0 heterocycles. The summed E-state index contributed by atoms with van der Waals surface area (Å²) in [7, 11) is 0. The first-order valence-corrected chi connectivity index (χ1v) is 8.53. The van der Waals surface area contributed by atoms with Crippen molar-refractivity contribution in [3.05, 3.63) is 63.7 Å². The van der Waals surface area contributed by atoms with Gasteiger partial charge in [-0.15, -0.1) is 0 Å². The van der Waals surface area contributed by atoms with E-state index in [1.54, 1.807) is 18.2 Å². The van der Waals surface area contributed by atoms with Crippen molar-refractivity contribution in [2.45, 2.75) is 20.0 Å². The minimum atomic E-state index is -1.13. The van der Waals surface area contributed by atoms with Crippen molar-refractivity contribution < 1.29 is 24.4 Å². The van der Waals surface area contributed by atoms with Crippen LogP contribution in [-0.4, -0.2) is 41.2 Å². The lowest BCUT2D eigenvalue weighted by atomic mass is 10.1. The summed E-state index contributed by atoms with van der Waals surface area (Å²) < 4.78 is 5.18. The van der Waals surface area contributed by atoms with Gasteiger partial charge >= 0.3 is 5.97 Å². The zero-order valence-electron chi connectivity index (χ0n) is 15.5. The molecule has 1 amide bonds. The Morgan fingerprint density at radius 3 is 2.64 bits per heavy atom. The van der Waals surface area contributed by atoms with Gasteiger partial charge in [0.15, 0.2) is 6.10 Å². The van der Waals surface area contributed by atoms with E-state index in [1.807, 2.05) is 13.0 Å². The van der Waals surface area contributed by atoms with Gasteiger partial charge in [0.25, 0.3) is 11.6 Å². The highest BCUT2D eigenvalue weighted by molar-refractivity contribution is 6.00. The van der Waals surface area contributed by atoms with Gasteiger partial charge in [-0.3, -0.25) is 14.9 Å². The van der Waals surface area contributed by atoms with Gasteiger partial charge in [-0.05, 0) is 37.6 Å². The van der Waals surface area contributed by atoms with E-state index >= 15 is 0 Å². The van der Waals surface area contributed by atoms with Crippen LogP contribution in [0.25, 0.3) is 0 Å². The zero-order chi connectivity index (χ0) is 20.7. The minimum absolute atomic E-state index is 0.0992. The quantitative estimate of drug-likeness (QED) is 0.360. The number of aliphatic hydroxyl groups excluding tert-OH is 1. The first kappa shape index (κ1) is 20.8. The third-order valence-electron chi connectivity index (χ3n) is 3.80. The number of nitro groups is 1. The number of carbonyl (C=O) groups is 2. The van der Waals surface area contributed by atoms with Crippen LogP contribution in [-0.2, 0) is 9.53 Å². The van der Waals surface area contributed by atoms with Crippen LogP contribution < -0.4 is 10.6 Å². The fourth-order valence-electron chi connectivity index (χ4n) is 2.40. The summed E-state index contributed by atoms with van der Waals surface area (Å²) >= 11 is 0. The molecule has 0 saturated carbocycles. The zero-order valence-corrected chi connectivity index (χ0v) is 15.5. The average Bonchev–Trinajstić information content (AvgIpc) is 2.65. The normalized spacial score (nSPS) is 11.4. The molecule has 0 aliphatic carbocycles. The number of hydrogen-bond donors (Lipinski definition) is 3. The van der Waals surface area contributed by atoms with Gasteiger partial charge < -0.3 is 20.5 Å². The van der Waals surface area contributed by atoms with Crippen molar-refractivity contribution in [1.29, 1.82) is 0 Å². The van der Waals surface area contributed by atoms with E-state index in [1.165, 1.54) is 19.1 Å². The van der Waals surface area contributed by atoms with E-state index in [0.29, 0.717) is 5.69 Å². The molecule has 3 N–H and O–H groups in total. The van der Waals surface area contributed by atoms with Crippen molar-refractivity contribution in [3.8, 4) is 0 Å². The number of esters is 1. The smallest absolute Gasteiger partial charge is 0.341 e. The lowest BCUT2D eigenvalue weighted by Gasteiger charge is -2.16. The van der Waals surface area contributed by atoms with Crippen LogP contribution in [0.1, 0.15) is 22.8 Å². The Kier molecular flexibility index (Phi) is 7.05.